The highest BCUT2D eigenvalue weighted by molar-refractivity contribution is 7.47. The number of hydrogen-bond donors (Lipinski definition) is 1. The van der Waals surface area contributed by atoms with Gasteiger partial charge >= 0.3 is 7.82 Å². The molecule has 0 amide bonds. The maximum atomic E-state index is 12.0. The highest BCUT2D eigenvalue weighted by Gasteiger charge is 2.30. The van der Waals surface area contributed by atoms with Crippen LogP contribution in [-0.4, -0.2) is 36.6 Å². The third-order valence-corrected chi connectivity index (χ3v) is 7.38. The van der Waals surface area contributed by atoms with Crippen molar-refractivity contribution < 1.29 is 23.0 Å². The van der Waals surface area contributed by atoms with Crippen LogP contribution in [0, 0.1) is 0 Å². The van der Waals surface area contributed by atoms with E-state index >= 15 is 0 Å². The Morgan fingerprint density at radius 3 is 1.71 bits per heavy atom. The maximum absolute atomic E-state index is 12.0. The lowest BCUT2D eigenvalue weighted by Crippen LogP contribution is -2.33. The summed E-state index contributed by atoms with van der Waals surface area (Å²) in [7, 11) is 0.193. The molecule has 5 nitrogen and oxygen atoms in total. The zero-order chi connectivity index (χ0) is 22.8. The predicted molar refractivity (Wildman–Crippen MR) is 131 cm³/mol. The minimum atomic E-state index is -3.98. The molecule has 1 saturated heterocycles. The average Bonchev–Trinajstić information content (AvgIpc) is 3.07. The van der Waals surface area contributed by atoms with E-state index in [-0.39, 0.29) is 6.61 Å². The number of likely N-dealkylation sites (tertiary alicyclic amines) is 1. The van der Waals surface area contributed by atoms with Gasteiger partial charge in [0.15, 0.2) is 6.26 Å². The number of phosphoric ester groups is 1. The van der Waals surface area contributed by atoms with E-state index in [1.54, 1.807) is 0 Å². The summed E-state index contributed by atoms with van der Waals surface area (Å²) >= 11 is 0. The molecular formula is C25H51NO4P+. The number of hydrogen-bond acceptors (Lipinski definition) is 3. The molecule has 0 saturated carbocycles. The Kier molecular flexibility index (Phi) is 15.9. The fourth-order valence-corrected chi connectivity index (χ4v) is 4.97. The summed E-state index contributed by atoms with van der Waals surface area (Å²) in [6.45, 7) is 3.59. The molecule has 31 heavy (non-hydrogen) atoms. The van der Waals surface area contributed by atoms with E-state index in [1.807, 2.05) is 0 Å². The maximum Gasteiger partial charge on any atom is 0.527 e. The van der Waals surface area contributed by atoms with Crippen LogP contribution in [0.2, 0.25) is 0 Å². The predicted octanol–water partition coefficient (Wildman–Crippen LogP) is 8.09. The summed E-state index contributed by atoms with van der Waals surface area (Å²) in [5.41, 5.74) is 1.04. The fourth-order valence-electron chi connectivity index (χ4n) is 4.29. The quantitative estimate of drug-likeness (QED) is 0.0863. The van der Waals surface area contributed by atoms with Crippen LogP contribution < -0.4 is 0 Å². The van der Waals surface area contributed by atoms with Crippen molar-refractivity contribution in [3.63, 3.8) is 0 Å². The summed E-state index contributed by atoms with van der Waals surface area (Å²) in [4.78, 5) is 9.83. The normalized spacial score (nSPS) is 19.0. The molecule has 0 bridgehead atoms. The van der Waals surface area contributed by atoms with Gasteiger partial charge in [0.1, 0.15) is 5.70 Å². The van der Waals surface area contributed by atoms with Crippen molar-refractivity contribution >= 4 is 7.82 Å². The van der Waals surface area contributed by atoms with Gasteiger partial charge in [0, 0.05) is 12.8 Å². The minimum Gasteiger partial charge on any atom is -0.406 e. The van der Waals surface area contributed by atoms with E-state index in [4.69, 9.17) is 9.05 Å². The smallest absolute Gasteiger partial charge is 0.406 e. The first-order chi connectivity index (χ1) is 14.9. The zero-order valence-electron chi connectivity index (χ0n) is 20.8. The van der Waals surface area contributed by atoms with Crippen LogP contribution in [0.25, 0.3) is 0 Å². The third-order valence-electron chi connectivity index (χ3n) is 6.50. The average molecular weight is 461 g/mol. The van der Waals surface area contributed by atoms with Gasteiger partial charge in [0.25, 0.3) is 0 Å². The second-order valence-electron chi connectivity index (χ2n) is 9.83. The molecule has 1 rings (SSSR count). The Hall–Kier alpha value is -0.350. The molecule has 1 aliphatic rings. The molecule has 184 valence electrons. The molecule has 1 aliphatic heterocycles. The summed E-state index contributed by atoms with van der Waals surface area (Å²) in [6.07, 6.45) is 24.4. The molecule has 1 unspecified atom stereocenters. The standard InChI is InChI=1S/C25H50NO4P/c1-4-5-6-7-8-9-10-11-12-13-14-15-16-17-18-19-23-29-31(27,28)30-24-25-21-20-22-26(25,2)3/h24H,4-23H2,1-3H3/p+1. The highest BCUT2D eigenvalue weighted by atomic mass is 31.2. The topological polar surface area (TPSA) is 55.8 Å². The SMILES string of the molecule is CCCCCCCCCCCCCCCCCCOP(=O)(O)OC=C1CCC[N+]1(C)C. The Bertz CT molecular complexity index is 522. The molecule has 1 atom stereocenters. The van der Waals surface area contributed by atoms with Gasteiger partial charge in [0.05, 0.1) is 27.2 Å². The van der Waals surface area contributed by atoms with Crippen molar-refractivity contribution in [3.8, 4) is 0 Å². The van der Waals surface area contributed by atoms with Crippen LogP contribution in [0.15, 0.2) is 12.0 Å². The van der Waals surface area contributed by atoms with Gasteiger partial charge < -0.3 is 4.52 Å². The fraction of sp³-hybridized carbons (Fsp3) is 0.920. The van der Waals surface area contributed by atoms with Crippen LogP contribution in [0.5, 0.6) is 0 Å². The van der Waals surface area contributed by atoms with Crippen molar-refractivity contribution in [1.29, 1.82) is 0 Å². The highest BCUT2D eigenvalue weighted by Crippen LogP contribution is 2.44. The van der Waals surface area contributed by atoms with Crippen LogP contribution in [-0.2, 0) is 13.6 Å². The van der Waals surface area contributed by atoms with Crippen LogP contribution in [0.3, 0.4) is 0 Å². The molecule has 0 aromatic heterocycles. The molecule has 0 aromatic rings. The first kappa shape index (κ1) is 28.7. The molecular weight excluding hydrogens is 409 g/mol. The third kappa shape index (κ3) is 15.2. The summed E-state index contributed by atoms with van der Waals surface area (Å²) in [5, 5.41) is 0. The Labute approximate surface area is 192 Å². The van der Waals surface area contributed by atoms with Gasteiger partial charge in [-0.3, -0.25) is 13.9 Å². The Morgan fingerprint density at radius 1 is 0.839 bits per heavy atom. The lowest BCUT2D eigenvalue weighted by molar-refractivity contribution is -0.843. The Balaban J connectivity index is 1.87. The summed E-state index contributed by atoms with van der Waals surface area (Å²) < 4.78 is 22.9. The van der Waals surface area contributed by atoms with E-state index in [9.17, 15) is 9.46 Å². The van der Waals surface area contributed by atoms with Crippen molar-refractivity contribution in [2.24, 2.45) is 0 Å². The monoisotopic (exact) mass is 460 g/mol. The molecule has 0 radical (unpaired) electrons. The minimum absolute atomic E-state index is 0.285. The van der Waals surface area contributed by atoms with Crippen molar-refractivity contribution in [3.05, 3.63) is 12.0 Å². The molecule has 0 spiro atoms. The van der Waals surface area contributed by atoms with E-state index < -0.39 is 7.82 Å². The molecule has 6 heteroatoms. The molecule has 0 aromatic carbocycles. The lowest BCUT2D eigenvalue weighted by atomic mass is 10.0. The van der Waals surface area contributed by atoms with Gasteiger partial charge in [-0.05, 0) is 6.42 Å². The first-order valence-electron chi connectivity index (χ1n) is 13.1. The molecule has 0 aliphatic carbocycles. The second-order valence-corrected chi connectivity index (χ2v) is 11.2. The van der Waals surface area contributed by atoms with Crippen LogP contribution >= 0.6 is 7.82 Å². The van der Waals surface area contributed by atoms with E-state index in [0.29, 0.717) is 0 Å². The molecule has 1 N–H and O–H groups in total. The van der Waals surface area contributed by atoms with E-state index in [1.165, 1.54) is 96.2 Å². The van der Waals surface area contributed by atoms with Gasteiger partial charge in [-0.15, -0.1) is 0 Å². The van der Waals surface area contributed by atoms with Gasteiger partial charge in [-0.25, -0.2) is 4.57 Å². The second kappa shape index (κ2) is 17.2. The number of rotatable bonds is 20. The number of unbranched alkanes of at least 4 members (excludes halogenated alkanes) is 15. The van der Waals surface area contributed by atoms with Crippen molar-refractivity contribution in [2.75, 3.05) is 27.2 Å². The molecule has 1 heterocycles. The van der Waals surface area contributed by atoms with E-state index in [2.05, 4.69) is 21.0 Å². The first-order valence-corrected chi connectivity index (χ1v) is 14.6. The summed E-state index contributed by atoms with van der Waals surface area (Å²) in [6, 6.07) is 0. The van der Waals surface area contributed by atoms with Crippen LogP contribution in [0.1, 0.15) is 122 Å². The van der Waals surface area contributed by atoms with Crippen LogP contribution in [0.4, 0.5) is 0 Å². The molecule has 1 fully saturated rings. The number of quaternary nitrogens is 1. The zero-order valence-corrected chi connectivity index (χ0v) is 21.7. The van der Waals surface area contributed by atoms with Gasteiger partial charge in [-0.1, -0.05) is 103 Å². The van der Waals surface area contributed by atoms with Crippen molar-refractivity contribution in [1.82, 2.24) is 0 Å². The Morgan fingerprint density at radius 2 is 1.29 bits per heavy atom. The van der Waals surface area contributed by atoms with Crippen molar-refractivity contribution in [2.45, 2.75) is 122 Å². The lowest BCUT2D eigenvalue weighted by Gasteiger charge is -2.24. The van der Waals surface area contributed by atoms with Gasteiger partial charge in [-0.2, -0.15) is 0 Å². The number of phosphoric acid groups is 1. The largest absolute Gasteiger partial charge is 0.527 e. The van der Waals surface area contributed by atoms with E-state index in [0.717, 1.165) is 42.4 Å². The van der Waals surface area contributed by atoms with Gasteiger partial charge in [0.2, 0.25) is 0 Å². The summed E-state index contributed by atoms with van der Waals surface area (Å²) in [5.74, 6) is 0. The number of nitrogens with zero attached hydrogens (tertiary/aromatic N) is 1. The number of allylic oxidation sites excluding steroid dienone is 1.